The summed E-state index contributed by atoms with van der Waals surface area (Å²) in [7, 11) is 1.43. The molecule has 0 unspecified atom stereocenters. The zero-order chi connectivity index (χ0) is 8.53. The highest BCUT2D eigenvalue weighted by Gasteiger charge is 2.06. The van der Waals surface area contributed by atoms with Crippen LogP contribution in [-0.4, -0.2) is 25.1 Å². The fourth-order valence-corrected chi connectivity index (χ4v) is 1.13. The van der Waals surface area contributed by atoms with Crippen LogP contribution in [0, 0.1) is 0 Å². The van der Waals surface area contributed by atoms with Crippen molar-refractivity contribution in [1.82, 2.24) is 0 Å². The zero-order valence-electron chi connectivity index (χ0n) is 7.25. The summed E-state index contributed by atoms with van der Waals surface area (Å²) in [5.74, 6) is 0. The van der Waals surface area contributed by atoms with Gasteiger partial charge in [-0.3, -0.25) is 0 Å². The van der Waals surface area contributed by atoms with E-state index in [4.69, 9.17) is 10.8 Å². The SMILES string of the molecule is COCO.NC1CCCCC1. The molecule has 0 aliphatic heterocycles. The lowest BCUT2D eigenvalue weighted by molar-refractivity contribution is 0.0325. The lowest BCUT2D eigenvalue weighted by Gasteiger charge is -2.15. The van der Waals surface area contributed by atoms with Gasteiger partial charge in [-0.1, -0.05) is 19.3 Å². The monoisotopic (exact) mass is 161 g/mol. The molecule has 0 bridgehead atoms. The maximum absolute atomic E-state index is 7.65. The molecule has 0 aromatic heterocycles. The van der Waals surface area contributed by atoms with Crippen molar-refractivity contribution >= 4 is 0 Å². The molecule has 0 aromatic rings. The molecule has 0 amide bonds. The lowest BCUT2D eigenvalue weighted by Crippen LogP contribution is -2.22. The van der Waals surface area contributed by atoms with E-state index in [0.29, 0.717) is 6.04 Å². The number of hydrogen-bond acceptors (Lipinski definition) is 3. The predicted molar refractivity (Wildman–Crippen MR) is 45.2 cm³/mol. The maximum atomic E-state index is 7.65. The van der Waals surface area contributed by atoms with Crippen molar-refractivity contribution in [2.24, 2.45) is 5.73 Å². The Bertz CT molecular complexity index is 70.5. The summed E-state index contributed by atoms with van der Waals surface area (Å²) < 4.78 is 4.10. The normalized spacial score (nSPS) is 18.8. The Hall–Kier alpha value is -0.120. The Morgan fingerprint density at radius 1 is 1.36 bits per heavy atom. The summed E-state index contributed by atoms with van der Waals surface area (Å²) >= 11 is 0. The highest BCUT2D eigenvalue weighted by molar-refractivity contribution is 4.66. The first-order valence-electron chi connectivity index (χ1n) is 4.16. The summed E-state index contributed by atoms with van der Waals surface area (Å²) in [4.78, 5) is 0. The molecular formula is C8H19NO2. The van der Waals surface area contributed by atoms with Gasteiger partial charge in [0.15, 0.2) is 0 Å². The van der Waals surface area contributed by atoms with E-state index < -0.39 is 0 Å². The molecule has 11 heavy (non-hydrogen) atoms. The minimum atomic E-state index is -0.181. The van der Waals surface area contributed by atoms with E-state index >= 15 is 0 Å². The molecule has 0 spiro atoms. The fraction of sp³-hybridized carbons (Fsp3) is 1.00. The average molecular weight is 161 g/mol. The zero-order valence-corrected chi connectivity index (χ0v) is 7.25. The van der Waals surface area contributed by atoms with Gasteiger partial charge in [0.05, 0.1) is 0 Å². The minimum Gasteiger partial charge on any atom is -0.371 e. The van der Waals surface area contributed by atoms with Crippen molar-refractivity contribution in [2.45, 2.75) is 38.1 Å². The molecule has 0 atom stereocenters. The first-order valence-corrected chi connectivity index (χ1v) is 4.16. The van der Waals surface area contributed by atoms with Crippen molar-refractivity contribution in [2.75, 3.05) is 13.9 Å². The molecule has 68 valence electrons. The highest BCUT2D eigenvalue weighted by atomic mass is 16.6. The van der Waals surface area contributed by atoms with Crippen molar-refractivity contribution in [1.29, 1.82) is 0 Å². The van der Waals surface area contributed by atoms with Crippen LogP contribution in [0.15, 0.2) is 0 Å². The number of nitrogens with two attached hydrogens (primary N) is 1. The van der Waals surface area contributed by atoms with Crippen LogP contribution in [0.25, 0.3) is 0 Å². The van der Waals surface area contributed by atoms with E-state index in [9.17, 15) is 0 Å². The number of hydrogen-bond donors (Lipinski definition) is 2. The first-order chi connectivity index (χ1) is 5.31. The van der Waals surface area contributed by atoms with Crippen LogP contribution in [0.3, 0.4) is 0 Å². The van der Waals surface area contributed by atoms with Crippen molar-refractivity contribution < 1.29 is 9.84 Å². The predicted octanol–water partition coefficient (Wildman–Crippen LogP) is 0.860. The van der Waals surface area contributed by atoms with E-state index in [1.54, 1.807) is 0 Å². The molecule has 1 rings (SSSR count). The van der Waals surface area contributed by atoms with Crippen LogP contribution in [-0.2, 0) is 4.74 Å². The number of rotatable bonds is 1. The molecular weight excluding hydrogens is 142 g/mol. The van der Waals surface area contributed by atoms with Gasteiger partial charge in [-0.2, -0.15) is 0 Å². The van der Waals surface area contributed by atoms with E-state index in [1.165, 1.54) is 39.2 Å². The molecule has 1 saturated carbocycles. The molecule has 0 heterocycles. The summed E-state index contributed by atoms with van der Waals surface area (Å²) in [5.41, 5.74) is 5.63. The van der Waals surface area contributed by atoms with Gasteiger partial charge in [0.1, 0.15) is 6.79 Å². The van der Waals surface area contributed by atoms with Crippen molar-refractivity contribution in [3.63, 3.8) is 0 Å². The number of aliphatic hydroxyl groups is 1. The van der Waals surface area contributed by atoms with E-state index in [0.717, 1.165) is 0 Å². The van der Waals surface area contributed by atoms with Gasteiger partial charge < -0.3 is 15.6 Å². The van der Waals surface area contributed by atoms with Crippen LogP contribution >= 0.6 is 0 Å². The second kappa shape index (κ2) is 7.98. The third-order valence-corrected chi connectivity index (χ3v) is 1.78. The summed E-state index contributed by atoms with van der Waals surface area (Å²) in [6.45, 7) is -0.181. The van der Waals surface area contributed by atoms with Gasteiger partial charge in [-0.25, -0.2) is 0 Å². The topological polar surface area (TPSA) is 55.5 Å². The fourth-order valence-electron chi connectivity index (χ4n) is 1.13. The van der Waals surface area contributed by atoms with E-state index in [1.807, 2.05) is 0 Å². The number of aliphatic hydroxyl groups excluding tert-OH is 1. The van der Waals surface area contributed by atoms with Gasteiger partial charge in [0, 0.05) is 13.2 Å². The molecule has 0 radical (unpaired) electrons. The van der Waals surface area contributed by atoms with Crippen LogP contribution in [0.1, 0.15) is 32.1 Å². The molecule has 3 nitrogen and oxygen atoms in total. The van der Waals surface area contributed by atoms with Crippen molar-refractivity contribution in [3.05, 3.63) is 0 Å². The van der Waals surface area contributed by atoms with Gasteiger partial charge >= 0.3 is 0 Å². The van der Waals surface area contributed by atoms with Gasteiger partial charge in [0.25, 0.3) is 0 Å². The van der Waals surface area contributed by atoms with Crippen LogP contribution in [0.4, 0.5) is 0 Å². The van der Waals surface area contributed by atoms with Gasteiger partial charge in [0.2, 0.25) is 0 Å². The Kier molecular flexibility index (Phi) is 7.89. The molecule has 0 saturated heterocycles. The Morgan fingerprint density at radius 3 is 2.00 bits per heavy atom. The largest absolute Gasteiger partial charge is 0.371 e. The molecule has 1 aliphatic carbocycles. The second-order valence-electron chi connectivity index (χ2n) is 2.82. The van der Waals surface area contributed by atoms with Crippen molar-refractivity contribution in [3.8, 4) is 0 Å². The Labute approximate surface area is 68.5 Å². The van der Waals surface area contributed by atoms with Crippen LogP contribution < -0.4 is 5.73 Å². The third-order valence-electron chi connectivity index (χ3n) is 1.78. The second-order valence-corrected chi connectivity index (χ2v) is 2.82. The van der Waals surface area contributed by atoms with Crippen LogP contribution in [0.5, 0.6) is 0 Å². The van der Waals surface area contributed by atoms with E-state index in [-0.39, 0.29) is 6.79 Å². The summed E-state index contributed by atoms with van der Waals surface area (Å²) in [6.07, 6.45) is 6.66. The smallest absolute Gasteiger partial charge is 0.143 e. The summed E-state index contributed by atoms with van der Waals surface area (Å²) in [5, 5.41) is 7.65. The number of methoxy groups -OCH3 is 1. The number of ether oxygens (including phenoxy) is 1. The van der Waals surface area contributed by atoms with Crippen LogP contribution in [0.2, 0.25) is 0 Å². The minimum absolute atomic E-state index is 0.181. The quantitative estimate of drug-likeness (QED) is 0.561. The standard InChI is InChI=1S/C6H13N.C2H6O2/c7-6-4-2-1-3-5-6;1-4-2-3/h6H,1-5,7H2;3H,2H2,1H3. The molecule has 3 heteroatoms. The third kappa shape index (κ3) is 7.78. The van der Waals surface area contributed by atoms with E-state index in [2.05, 4.69) is 4.74 Å². The molecule has 3 N–H and O–H groups in total. The first kappa shape index (κ1) is 10.9. The Morgan fingerprint density at radius 2 is 1.82 bits per heavy atom. The summed E-state index contributed by atoms with van der Waals surface area (Å²) in [6, 6.07) is 0.536. The Balaban J connectivity index is 0.000000218. The van der Waals surface area contributed by atoms with Gasteiger partial charge in [-0.05, 0) is 12.8 Å². The molecule has 1 fully saturated rings. The van der Waals surface area contributed by atoms with Gasteiger partial charge in [-0.15, -0.1) is 0 Å². The molecule has 0 aromatic carbocycles. The lowest BCUT2D eigenvalue weighted by atomic mass is 9.97. The average Bonchev–Trinajstić information content (AvgIpc) is 2.07. The highest BCUT2D eigenvalue weighted by Crippen LogP contribution is 2.14. The molecule has 1 aliphatic rings. The maximum Gasteiger partial charge on any atom is 0.143 e.